The third-order valence-corrected chi connectivity index (χ3v) is 2.66. The molecule has 0 aromatic carbocycles. The van der Waals surface area contributed by atoms with E-state index in [0.29, 0.717) is 6.10 Å². The maximum absolute atomic E-state index is 5.90. The SMILES string of the molecule is CO[C@@H]1CCN(Cl)CC1(C)C. The molecule has 0 unspecified atom stereocenters. The summed E-state index contributed by atoms with van der Waals surface area (Å²) in [6.45, 7) is 6.22. The first-order valence-corrected chi connectivity index (χ1v) is 4.33. The molecule has 0 radical (unpaired) electrons. The summed E-state index contributed by atoms with van der Waals surface area (Å²) in [5, 5.41) is 0. The van der Waals surface area contributed by atoms with Gasteiger partial charge in [-0.25, -0.2) is 4.42 Å². The van der Waals surface area contributed by atoms with E-state index in [2.05, 4.69) is 13.8 Å². The number of methoxy groups -OCH3 is 1. The van der Waals surface area contributed by atoms with Crippen LogP contribution < -0.4 is 0 Å². The van der Waals surface area contributed by atoms with Gasteiger partial charge in [-0.05, 0) is 18.2 Å². The standard InChI is InChI=1S/C8H16ClNO/c1-8(2)6-10(9)5-4-7(8)11-3/h7H,4-6H2,1-3H3/t7-/m1/s1. The molecule has 1 rings (SSSR count). The smallest absolute Gasteiger partial charge is 0.0647 e. The largest absolute Gasteiger partial charge is 0.381 e. The number of nitrogens with zero attached hydrogens (tertiary/aromatic N) is 1. The van der Waals surface area contributed by atoms with Crippen molar-refractivity contribution in [2.75, 3.05) is 20.2 Å². The van der Waals surface area contributed by atoms with Crippen LogP contribution in [0, 0.1) is 5.41 Å². The molecular weight excluding hydrogens is 162 g/mol. The van der Waals surface area contributed by atoms with Crippen molar-refractivity contribution >= 4 is 11.8 Å². The van der Waals surface area contributed by atoms with Crippen molar-refractivity contribution in [3.05, 3.63) is 0 Å². The number of ether oxygens (including phenoxy) is 1. The molecule has 66 valence electrons. The highest BCUT2D eigenvalue weighted by molar-refractivity contribution is 6.13. The molecule has 0 N–H and O–H groups in total. The zero-order valence-corrected chi connectivity index (χ0v) is 8.19. The maximum atomic E-state index is 5.90. The molecule has 2 nitrogen and oxygen atoms in total. The third kappa shape index (κ3) is 2.08. The van der Waals surface area contributed by atoms with E-state index < -0.39 is 0 Å². The molecule has 0 aromatic heterocycles. The van der Waals surface area contributed by atoms with Crippen LogP contribution in [-0.2, 0) is 4.74 Å². The Morgan fingerprint density at radius 1 is 1.55 bits per heavy atom. The summed E-state index contributed by atoms with van der Waals surface area (Å²) in [7, 11) is 1.77. The van der Waals surface area contributed by atoms with Gasteiger partial charge >= 0.3 is 0 Å². The lowest BCUT2D eigenvalue weighted by Crippen LogP contribution is -2.45. The monoisotopic (exact) mass is 177 g/mol. The Morgan fingerprint density at radius 2 is 2.18 bits per heavy atom. The van der Waals surface area contributed by atoms with E-state index in [4.69, 9.17) is 16.5 Å². The van der Waals surface area contributed by atoms with Gasteiger partial charge in [-0.1, -0.05) is 13.8 Å². The molecule has 1 aliphatic rings. The Balaban J connectivity index is 2.56. The topological polar surface area (TPSA) is 12.5 Å². The van der Waals surface area contributed by atoms with Crippen LogP contribution in [0.2, 0.25) is 0 Å². The Morgan fingerprint density at radius 3 is 2.64 bits per heavy atom. The van der Waals surface area contributed by atoms with E-state index in [0.717, 1.165) is 19.5 Å². The lowest BCUT2D eigenvalue weighted by molar-refractivity contribution is -0.0324. The minimum atomic E-state index is 0.189. The zero-order chi connectivity index (χ0) is 8.48. The first-order chi connectivity index (χ1) is 5.06. The van der Waals surface area contributed by atoms with Gasteiger partial charge in [-0.15, -0.1) is 0 Å². The summed E-state index contributed by atoms with van der Waals surface area (Å²) in [6, 6.07) is 0. The number of halogens is 1. The van der Waals surface area contributed by atoms with Crippen LogP contribution in [0.15, 0.2) is 0 Å². The van der Waals surface area contributed by atoms with Crippen molar-refractivity contribution in [3.8, 4) is 0 Å². The van der Waals surface area contributed by atoms with Crippen LogP contribution in [0.25, 0.3) is 0 Å². The van der Waals surface area contributed by atoms with Crippen LogP contribution in [0.1, 0.15) is 20.3 Å². The summed E-state index contributed by atoms with van der Waals surface area (Å²) in [4.78, 5) is 0. The maximum Gasteiger partial charge on any atom is 0.0647 e. The van der Waals surface area contributed by atoms with Gasteiger partial charge in [0.05, 0.1) is 6.10 Å². The normalized spacial score (nSPS) is 32.2. The van der Waals surface area contributed by atoms with Crippen LogP contribution >= 0.6 is 11.8 Å². The molecule has 1 atom stereocenters. The summed E-state index contributed by atoms with van der Waals surface area (Å²) in [6.07, 6.45) is 1.39. The van der Waals surface area contributed by atoms with Crippen molar-refractivity contribution in [3.63, 3.8) is 0 Å². The summed E-state index contributed by atoms with van der Waals surface area (Å²) in [5.74, 6) is 0. The summed E-state index contributed by atoms with van der Waals surface area (Å²) < 4.78 is 7.21. The van der Waals surface area contributed by atoms with Gasteiger partial charge in [-0.2, -0.15) is 0 Å². The van der Waals surface area contributed by atoms with Crippen molar-refractivity contribution in [2.45, 2.75) is 26.4 Å². The predicted molar refractivity (Wildman–Crippen MR) is 46.6 cm³/mol. The highest BCUT2D eigenvalue weighted by Crippen LogP contribution is 2.31. The fourth-order valence-corrected chi connectivity index (χ4v) is 2.11. The second-order valence-corrected chi connectivity index (χ2v) is 4.32. The molecular formula is C8H16ClNO. The molecule has 3 heteroatoms. The van der Waals surface area contributed by atoms with Crippen LogP contribution in [0.3, 0.4) is 0 Å². The number of hydrogen-bond donors (Lipinski definition) is 0. The van der Waals surface area contributed by atoms with E-state index in [-0.39, 0.29) is 5.41 Å². The molecule has 0 aromatic rings. The predicted octanol–water partition coefficient (Wildman–Crippen LogP) is 1.89. The molecule has 1 saturated heterocycles. The zero-order valence-electron chi connectivity index (χ0n) is 7.43. The molecule has 0 saturated carbocycles. The van der Waals surface area contributed by atoms with E-state index >= 15 is 0 Å². The number of hydrogen-bond acceptors (Lipinski definition) is 2. The van der Waals surface area contributed by atoms with E-state index in [1.54, 1.807) is 7.11 Å². The molecule has 1 fully saturated rings. The minimum Gasteiger partial charge on any atom is -0.381 e. The summed E-state index contributed by atoms with van der Waals surface area (Å²) >= 11 is 5.90. The summed E-state index contributed by atoms with van der Waals surface area (Å²) in [5.41, 5.74) is 0.189. The average Bonchev–Trinajstić information content (AvgIpc) is 1.85. The van der Waals surface area contributed by atoms with Crippen LogP contribution in [-0.4, -0.2) is 30.7 Å². The van der Waals surface area contributed by atoms with E-state index in [1.165, 1.54) is 0 Å². The molecule has 1 aliphatic heterocycles. The Kier molecular flexibility index (Phi) is 2.79. The Bertz CT molecular complexity index is 138. The Hall–Kier alpha value is 0.210. The fourth-order valence-electron chi connectivity index (χ4n) is 1.71. The highest BCUT2D eigenvalue weighted by atomic mass is 35.5. The minimum absolute atomic E-state index is 0.189. The van der Waals surface area contributed by atoms with Gasteiger partial charge in [0.2, 0.25) is 0 Å². The van der Waals surface area contributed by atoms with Gasteiger partial charge in [-0.3, -0.25) is 0 Å². The first kappa shape index (κ1) is 9.30. The van der Waals surface area contributed by atoms with Crippen LogP contribution in [0.5, 0.6) is 0 Å². The lowest BCUT2D eigenvalue weighted by Gasteiger charge is -2.40. The van der Waals surface area contributed by atoms with Crippen molar-refractivity contribution in [1.29, 1.82) is 0 Å². The second-order valence-electron chi connectivity index (χ2n) is 3.85. The highest BCUT2D eigenvalue weighted by Gasteiger charge is 2.35. The second kappa shape index (κ2) is 3.30. The number of rotatable bonds is 1. The van der Waals surface area contributed by atoms with E-state index in [1.807, 2.05) is 4.42 Å². The van der Waals surface area contributed by atoms with Crippen molar-refractivity contribution in [1.82, 2.24) is 4.42 Å². The average molecular weight is 178 g/mol. The van der Waals surface area contributed by atoms with Gasteiger partial charge < -0.3 is 4.74 Å². The van der Waals surface area contributed by atoms with E-state index in [9.17, 15) is 0 Å². The van der Waals surface area contributed by atoms with Gasteiger partial charge in [0.1, 0.15) is 0 Å². The van der Waals surface area contributed by atoms with Gasteiger partial charge in [0.25, 0.3) is 0 Å². The number of piperidine rings is 1. The first-order valence-electron chi connectivity index (χ1n) is 4.00. The van der Waals surface area contributed by atoms with Crippen LogP contribution in [0.4, 0.5) is 0 Å². The molecule has 0 aliphatic carbocycles. The quantitative estimate of drug-likeness (QED) is 0.568. The lowest BCUT2D eigenvalue weighted by atomic mass is 9.82. The van der Waals surface area contributed by atoms with Crippen molar-refractivity contribution in [2.24, 2.45) is 5.41 Å². The van der Waals surface area contributed by atoms with Crippen molar-refractivity contribution < 1.29 is 4.74 Å². The molecule has 0 amide bonds. The Labute approximate surface area is 73.6 Å². The fraction of sp³-hybridized carbons (Fsp3) is 1.00. The molecule has 0 bridgehead atoms. The van der Waals surface area contributed by atoms with Gasteiger partial charge in [0.15, 0.2) is 0 Å². The molecule has 11 heavy (non-hydrogen) atoms. The third-order valence-electron chi connectivity index (χ3n) is 2.37. The molecule has 0 spiro atoms. The van der Waals surface area contributed by atoms with Gasteiger partial charge in [0, 0.05) is 25.6 Å². The molecule has 1 heterocycles.